The topological polar surface area (TPSA) is 104 Å². The van der Waals surface area contributed by atoms with Crippen LogP contribution in [0.5, 0.6) is 11.5 Å². The number of phenols is 2. The van der Waals surface area contributed by atoms with Crippen molar-refractivity contribution < 1.29 is 24.6 Å². The van der Waals surface area contributed by atoms with Crippen LogP contribution in [0.15, 0.2) is 22.7 Å². The number of phenolic OH excluding ortho intramolecular Hbond substituents is 2. The molecule has 2 aromatic rings. The SMILES string of the molecule is O=C(O)c1cc(-c2c(Cl)ccc(O)c2O)no1. The van der Waals surface area contributed by atoms with E-state index < -0.39 is 11.7 Å². The molecule has 0 saturated carbocycles. The summed E-state index contributed by atoms with van der Waals surface area (Å²) < 4.78 is 4.53. The Balaban J connectivity index is 2.60. The zero-order chi connectivity index (χ0) is 12.6. The van der Waals surface area contributed by atoms with Gasteiger partial charge in [0, 0.05) is 6.07 Å². The molecule has 1 aromatic carbocycles. The fourth-order valence-electron chi connectivity index (χ4n) is 1.29. The second kappa shape index (κ2) is 3.99. The lowest BCUT2D eigenvalue weighted by Gasteiger charge is -2.04. The molecule has 0 radical (unpaired) electrons. The lowest BCUT2D eigenvalue weighted by Crippen LogP contribution is -1.91. The molecule has 0 bridgehead atoms. The molecular formula is C10H6ClNO5. The molecule has 1 aromatic heterocycles. The predicted molar refractivity (Wildman–Crippen MR) is 57.2 cm³/mol. The lowest BCUT2D eigenvalue weighted by atomic mass is 10.1. The fourth-order valence-corrected chi connectivity index (χ4v) is 1.54. The summed E-state index contributed by atoms with van der Waals surface area (Å²) in [5, 5.41) is 31.2. The minimum absolute atomic E-state index is 0.0166. The molecule has 0 spiro atoms. The van der Waals surface area contributed by atoms with Gasteiger partial charge in [0.2, 0.25) is 5.76 Å². The summed E-state index contributed by atoms with van der Waals surface area (Å²) in [7, 11) is 0. The number of aromatic nitrogens is 1. The highest BCUT2D eigenvalue weighted by atomic mass is 35.5. The summed E-state index contributed by atoms with van der Waals surface area (Å²) in [4.78, 5) is 10.6. The zero-order valence-electron chi connectivity index (χ0n) is 8.22. The van der Waals surface area contributed by atoms with Gasteiger partial charge in [-0.15, -0.1) is 0 Å². The van der Waals surface area contributed by atoms with Gasteiger partial charge in [-0.05, 0) is 12.1 Å². The van der Waals surface area contributed by atoms with Gasteiger partial charge in [0.05, 0.1) is 10.6 Å². The molecule has 0 saturated heterocycles. The minimum atomic E-state index is -1.29. The third-order valence-corrected chi connectivity index (χ3v) is 2.40. The van der Waals surface area contributed by atoms with Crippen molar-refractivity contribution in [1.29, 1.82) is 0 Å². The van der Waals surface area contributed by atoms with Gasteiger partial charge in [-0.3, -0.25) is 0 Å². The number of carbonyl (C=O) groups is 1. The largest absolute Gasteiger partial charge is 0.504 e. The molecule has 17 heavy (non-hydrogen) atoms. The van der Waals surface area contributed by atoms with Crippen LogP contribution in [0, 0.1) is 0 Å². The van der Waals surface area contributed by atoms with E-state index in [1.165, 1.54) is 12.1 Å². The monoisotopic (exact) mass is 255 g/mol. The molecule has 3 N–H and O–H groups in total. The van der Waals surface area contributed by atoms with Gasteiger partial charge in [-0.1, -0.05) is 16.8 Å². The summed E-state index contributed by atoms with van der Waals surface area (Å²) in [6.45, 7) is 0. The highest BCUT2D eigenvalue weighted by Gasteiger charge is 2.19. The first-order valence-corrected chi connectivity index (χ1v) is 4.79. The van der Waals surface area contributed by atoms with Gasteiger partial charge in [0.1, 0.15) is 5.69 Å². The first-order chi connectivity index (χ1) is 8.00. The number of nitrogens with zero attached hydrogens (tertiary/aromatic N) is 1. The average molecular weight is 256 g/mol. The molecule has 7 heteroatoms. The molecule has 88 valence electrons. The average Bonchev–Trinajstić information content (AvgIpc) is 2.73. The van der Waals surface area contributed by atoms with Crippen molar-refractivity contribution in [3.63, 3.8) is 0 Å². The van der Waals surface area contributed by atoms with Crippen molar-refractivity contribution >= 4 is 17.6 Å². The first-order valence-electron chi connectivity index (χ1n) is 4.41. The molecule has 0 aliphatic heterocycles. The number of aromatic carboxylic acids is 1. The van der Waals surface area contributed by atoms with E-state index in [0.29, 0.717) is 0 Å². The molecular weight excluding hydrogens is 250 g/mol. The second-order valence-electron chi connectivity index (χ2n) is 3.17. The lowest BCUT2D eigenvalue weighted by molar-refractivity contribution is 0.0652. The number of carboxylic acid groups (broad SMARTS) is 1. The van der Waals surface area contributed by atoms with E-state index in [1.54, 1.807) is 0 Å². The van der Waals surface area contributed by atoms with Crippen molar-refractivity contribution in [1.82, 2.24) is 5.16 Å². The quantitative estimate of drug-likeness (QED) is 0.710. The summed E-state index contributed by atoms with van der Waals surface area (Å²) in [6.07, 6.45) is 0. The highest BCUT2D eigenvalue weighted by Crippen LogP contribution is 2.41. The molecule has 0 amide bonds. The van der Waals surface area contributed by atoms with Crippen molar-refractivity contribution in [2.45, 2.75) is 0 Å². The minimum Gasteiger partial charge on any atom is -0.504 e. The van der Waals surface area contributed by atoms with E-state index >= 15 is 0 Å². The Hall–Kier alpha value is -2.21. The molecule has 0 aliphatic carbocycles. The predicted octanol–water partition coefficient (Wildman–Crippen LogP) is 2.10. The first kappa shape index (κ1) is 11.3. The molecule has 0 unspecified atom stereocenters. The number of benzene rings is 1. The number of aromatic hydroxyl groups is 2. The third kappa shape index (κ3) is 1.90. The van der Waals surface area contributed by atoms with Gasteiger partial charge < -0.3 is 19.8 Å². The van der Waals surface area contributed by atoms with E-state index in [9.17, 15) is 15.0 Å². The Labute approximate surface area is 99.7 Å². The number of rotatable bonds is 2. The van der Waals surface area contributed by atoms with Crippen LogP contribution in [-0.4, -0.2) is 26.4 Å². The van der Waals surface area contributed by atoms with Gasteiger partial charge in [0.25, 0.3) is 0 Å². The van der Waals surface area contributed by atoms with E-state index in [0.717, 1.165) is 6.07 Å². The van der Waals surface area contributed by atoms with E-state index in [2.05, 4.69) is 9.68 Å². The molecule has 6 nitrogen and oxygen atoms in total. The fraction of sp³-hybridized carbons (Fsp3) is 0. The standard InChI is InChI=1S/C10H6ClNO5/c11-4-1-2-6(13)9(14)8(4)5-3-7(10(15)16)17-12-5/h1-3,13-14H,(H,15,16). The third-order valence-electron chi connectivity index (χ3n) is 2.08. The Bertz CT molecular complexity index is 592. The maximum atomic E-state index is 10.6. The number of halogens is 1. The number of carboxylic acids is 1. The Morgan fingerprint density at radius 3 is 2.65 bits per heavy atom. The molecule has 0 aliphatic rings. The van der Waals surface area contributed by atoms with Crippen molar-refractivity contribution in [3.8, 4) is 22.8 Å². The van der Waals surface area contributed by atoms with E-state index in [-0.39, 0.29) is 27.8 Å². The number of hydrogen-bond donors (Lipinski definition) is 3. The van der Waals surface area contributed by atoms with Crippen LogP contribution < -0.4 is 0 Å². The maximum absolute atomic E-state index is 10.6. The normalized spacial score (nSPS) is 10.4. The molecule has 2 rings (SSSR count). The molecule has 0 fully saturated rings. The highest BCUT2D eigenvalue weighted by molar-refractivity contribution is 6.33. The van der Waals surface area contributed by atoms with Crippen LogP contribution >= 0.6 is 11.6 Å². The van der Waals surface area contributed by atoms with Crippen LogP contribution in [0.3, 0.4) is 0 Å². The molecule has 0 atom stereocenters. The van der Waals surface area contributed by atoms with Gasteiger partial charge in [-0.2, -0.15) is 0 Å². The Morgan fingerprint density at radius 1 is 1.35 bits per heavy atom. The molecule has 1 heterocycles. The van der Waals surface area contributed by atoms with Crippen LogP contribution in [0.1, 0.15) is 10.6 Å². The number of hydrogen-bond acceptors (Lipinski definition) is 5. The Morgan fingerprint density at radius 2 is 2.06 bits per heavy atom. The van der Waals surface area contributed by atoms with Crippen molar-refractivity contribution in [2.24, 2.45) is 0 Å². The van der Waals surface area contributed by atoms with Gasteiger partial charge in [0.15, 0.2) is 11.5 Å². The summed E-state index contributed by atoms with van der Waals surface area (Å²) in [5.41, 5.74) is 0.0451. The summed E-state index contributed by atoms with van der Waals surface area (Å²) in [5.74, 6) is -2.55. The van der Waals surface area contributed by atoms with Gasteiger partial charge >= 0.3 is 5.97 Å². The van der Waals surface area contributed by atoms with Crippen molar-refractivity contribution in [3.05, 3.63) is 29.0 Å². The zero-order valence-corrected chi connectivity index (χ0v) is 8.97. The Kier molecular flexibility index (Phi) is 2.64. The van der Waals surface area contributed by atoms with Crippen molar-refractivity contribution in [2.75, 3.05) is 0 Å². The summed E-state index contributed by atoms with van der Waals surface area (Å²) in [6, 6.07) is 3.66. The van der Waals surface area contributed by atoms with Crippen LogP contribution in [-0.2, 0) is 0 Å². The second-order valence-corrected chi connectivity index (χ2v) is 3.58. The van der Waals surface area contributed by atoms with E-state index in [4.69, 9.17) is 16.7 Å². The van der Waals surface area contributed by atoms with E-state index in [1.807, 2.05) is 0 Å². The maximum Gasteiger partial charge on any atom is 0.374 e. The van der Waals surface area contributed by atoms with Crippen LogP contribution in [0.25, 0.3) is 11.3 Å². The van der Waals surface area contributed by atoms with Crippen LogP contribution in [0.2, 0.25) is 5.02 Å². The summed E-state index contributed by atoms with van der Waals surface area (Å²) >= 11 is 5.82. The smallest absolute Gasteiger partial charge is 0.374 e. The van der Waals surface area contributed by atoms with Crippen LogP contribution in [0.4, 0.5) is 0 Å². The van der Waals surface area contributed by atoms with Gasteiger partial charge in [-0.25, -0.2) is 4.79 Å².